The quantitative estimate of drug-likeness (QED) is 0.800. The maximum absolute atomic E-state index is 11.9. The molecule has 0 aromatic heterocycles. The lowest BCUT2D eigenvalue weighted by molar-refractivity contribution is -0.117. The van der Waals surface area contributed by atoms with E-state index < -0.39 is 11.8 Å². The average Bonchev–Trinajstić information content (AvgIpc) is 2.59. The Kier molecular flexibility index (Phi) is 10.9. The van der Waals surface area contributed by atoms with E-state index in [-0.39, 0.29) is 12.5 Å². The van der Waals surface area contributed by atoms with Crippen LogP contribution in [-0.4, -0.2) is 42.8 Å². The third kappa shape index (κ3) is 8.31. The molecule has 3 amide bonds. The average molecular weight is 335 g/mol. The van der Waals surface area contributed by atoms with Crippen LogP contribution in [0.1, 0.15) is 60.7 Å². The first kappa shape index (κ1) is 21.6. The summed E-state index contributed by atoms with van der Waals surface area (Å²) in [6.07, 6.45) is 4.08. The van der Waals surface area contributed by atoms with E-state index in [0.717, 1.165) is 0 Å². The monoisotopic (exact) mass is 335 g/mol. The molecule has 3 N–H and O–H groups in total. The van der Waals surface area contributed by atoms with Gasteiger partial charge in [-0.1, -0.05) is 39.2 Å². The van der Waals surface area contributed by atoms with E-state index in [0.29, 0.717) is 17.7 Å². The van der Waals surface area contributed by atoms with Gasteiger partial charge in [0.25, 0.3) is 11.8 Å². The first-order valence-corrected chi connectivity index (χ1v) is 8.29. The van der Waals surface area contributed by atoms with Crippen LogP contribution >= 0.6 is 0 Å². The molecular formula is C18H29N3O3. The standard InChI is InChI=1S/C13H17N3O3.C5H12/c1-3-16(2)13(19)10-6-4-5-9(7-10)12(18)15-8-11(14)17;1-3-5-4-2/h4-7H,3,8H2,1-2H3,(H2,14,17)(H,15,18);3-5H2,1-2H3. The zero-order valence-electron chi connectivity index (χ0n) is 15.1. The minimum absolute atomic E-state index is 0.160. The van der Waals surface area contributed by atoms with E-state index in [2.05, 4.69) is 19.2 Å². The second kappa shape index (κ2) is 12.1. The summed E-state index contributed by atoms with van der Waals surface area (Å²) in [4.78, 5) is 35.8. The Bertz CT molecular complexity index is 542. The van der Waals surface area contributed by atoms with Crippen molar-refractivity contribution in [3.05, 3.63) is 35.4 Å². The predicted octanol–water partition coefficient (Wildman–Crippen LogP) is 2.19. The first-order chi connectivity index (χ1) is 11.4. The summed E-state index contributed by atoms with van der Waals surface area (Å²) in [5, 5.41) is 2.37. The lowest BCUT2D eigenvalue weighted by Gasteiger charge is -2.14. The largest absolute Gasteiger partial charge is 0.368 e. The third-order valence-electron chi connectivity index (χ3n) is 3.32. The van der Waals surface area contributed by atoms with Gasteiger partial charge in [-0.25, -0.2) is 0 Å². The van der Waals surface area contributed by atoms with Crippen LogP contribution in [0.15, 0.2) is 24.3 Å². The number of amides is 3. The Morgan fingerprint density at radius 3 is 2.12 bits per heavy atom. The number of primary amides is 1. The smallest absolute Gasteiger partial charge is 0.253 e. The van der Waals surface area contributed by atoms with Crippen LogP contribution in [0.25, 0.3) is 0 Å². The fourth-order valence-electron chi connectivity index (χ4n) is 1.78. The molecule has 0 heterocycles. The molecule has 0 saturated heterocycles. The molecule has 0 saturated carbocycles. The van der Waals surface area contributed by atoms with E-state index in [9.17, 15) is 14.4 Å². The van der Waals surface area contributed by atoms with Crippen molar-refractivity contribution in [3.63, 3.8) is 0 Å². The van der Waals surface area contributed by atoms with E-state index in [1.165, 1.54) is 25.3 Å². The Morgan fingerprint density at radius 1 is 1.08 bits per heavy atom. The summed E-state index contributed by atoms with van der Waals surface area (Å²) in [6.45, 7) is 6.64. The molecule has 24 heavy (non-hydrogen) atoms. The van der Waals surface area contributed by atoms with E-state index >= 15 is 0 Å². The van der Waals surface area contributed by atoms with Crippen LogP contribution in [-0.2, 0) is 4.79 Å². The number of nitrogens with two attached hydrogens (primary N) is 1. The van der Waals surface area contributed by atoms with E-state index in [4.69, 9.17) is 5.73 Å². The van der Waals surface area contributed by atoms with Gasteiger partial charge >= 0.3 is 0 Å². The van der Waals surface area contributed by atoms with Crippen molar-refractivity contribution in [3.8, 4) is 0 Å². The molecular weight excluding hydrogens is 306 g/mol. The minimum atomic E-state index is -0.619. The Morgan fingerprint density at radius 2 is 1.67 bits per heavy atom. The van der Waals surface area contributed by atoms with Crippen molar-refractivity contribution in [2.24, 2.45) is 5.73 Å². The predicted molar refractivity (Wildman–Crippen MR) is 95.8 cm³/mol. The molecule has 0 bridgehead atoms. The highest BCUT2D eigenvalue weighted by Gasteiger charge is 2.13. The Labute approximate surface area is 144 Å². The number of nitrogens with one attached hydrogen (secondary N) is 1. The van der Waals surface area contributed by atoms with Crippen LogP contribution in [0, 0.1) is 0 Å². The fourth-order valence-corrected chi connectivity index (χ4v) is 1.78. The molecule has 134 valence electrons. The molecule has 0 spiro atoms. The maximum Gasteiger partial charge on any atom is 0.253 e. The van der Waals surface area contributed by atoms with Gasteiger partial charge in [0, 0.05) is 24.7 Å². The molecule has 0 aliphatic heterocycles. The molecule has 1 aromatic carbocycles. The van der Waals surface area contributed by atoms with Crippen LogP contribution in [0.4, 0.5) is 0 Å². The third-order valence-corrected chi connectivity index (χ3v) is 3.32. The Hall–Kier alpha value is -2.37. The summed E-state index contributed by atoms with van der Waals surface area (Å²) in [6, 6.07) is 6.32. The molecule has 6 heteroatoms. The van der Waals surface area contributed by atoms with E-state index in [1.807, 2.05) is 6.92 Å². The number of benzene rings is 1. The summed E-state index contributed by atoms with van der Waals surface area (Å²) in [5.74, 6) is -1.22. The number of nitrogens with zero attached hydrogens (tertiary/aromatic N) is 1. The topological polar surface area (TPSA) is 92.5 Å². The highest BCUT2D eigenvalue weighted by atomic mass is 16.2. The first-order valence-electron chi connectivity index (χ1n) is 8.29. The number of hydrogen-bond acceptors (Lipinski definition) is 3. The molecule has 6 nitrogen and oxygen atoms in total. The van der Waals surface area contributed by atoms with Crippen LogP contribution in [0.2, 0.25) is 0 Å². The molecule has 0 radical (unpaired) electrons. The van der Waals surface area contributed by atoms with Crippen molar-refractivity contribution < 1.29 is 14.4 Å². The lowest BCUT2D eigenvalue weighted by Crippen LogP contribution is -2.33. The van der Waals surface area contributed by atoms with Crippen molar-refractivity contribution in [1.29, 1.82) is 0 Å². The molecule has 0 fully saturated rings. The van der Waals surface area contributed by atoms with Gasteiger partial charge in [0.1, 0.15) is 0 Å². The highest BCUT2D eigenvalue weighted by Crippen LogP contribution is 2.08. The second-order valence-electron chi connectivity index (χ2n) is 5.40. The molecule has 1 rings (SSSR count). The summed E-state index contributed by atoms with van der Waals surface area (Å²) in [7, 11) is 1.68. The van der Waals surface area contributed by atoms with Gasteiger partial charge in [-0.3, -0.25) is 14.4 Å². The van der Waals surface area contributed by atoms with Crippen molar-refractivity contribution in [2.75, 3.05) is 20.1 Å². The fraction of sp³-hybridized carbons (Fsp3) is 0.500. The molecule has 0 aliphatic carbocycles. The van der Waals surface area contributed by atoms with Crippen LogP contribution in [0.5, 0.6) is 0 Å². The highest BCUT2D eigenvalue weighted by molar-refractivity contribution is 6.00. The number of carbonyl (C=O) groups is 3. The van der Waals surface area contributed by atoms with Gasteiger partial charge in [-0.2, -0.15) is 0 Å². The van der Waals surface area contributed by atoms with Gasteiger partial charge in [-0.15, -0.1) is 0 Å². The lowest BCUT2D eigenvalue weighted by atomic mass is 10.1. The van der Waals surface area contributed by atoms with E-state index in [1.54, 1.807) is 30.1 Å². The maximum atomic E-state index is 11.9. The Balaban J connectivity index is 0.000000922. The SMILES string of the molecule is CCCCC.CCN(C)C(=O)c1cccc(C(=O)NCC(N)=O)c1. The summed E-state index contributed by atoms with van der Waals surface area (Å²) >= 11 is 0. The van der Waals surface area contributed by atoms with Crippen LogP contribution < -0.4 is 11.1 Å². The number of carbonyl (C=O) groups excluding carboxylic acids is 3. The van der Waals surface area contributed by atoms with Crippen molar-refractivity contribution >= 4 is 17.7 Å². The minimum Gasteiger partial charge on any atom is -0.368 e. The van der Waals surface area contributed by atoms with Gasteiger partial charge in [0.05, 0.1) is 6.54 Å². The summed E-state index contributed by atoms with van der Waals surface area (Å²) in [5.41, 5.74) is 5.68. The van der Waals surface area contributed by atoms with Crippen molar-refractivity contribution in [2.45, 2.75) is 40.0 Å². The molecule has 1 aromatic rings. The van der Waals surface area contributed by atoms with Gasteiger partial charge in [0.15, 0.2) is 0 Å². The number of unbranched alkanes of at least 4 members (excludes halogenated alkanes) is 2. The van der Waals surface area contributed by atoms with Gasteiger partial charge in [-0.05, 0) is 25.1 Å². The number of rotatable bonds is 7. The summed E-state index contributed by atoms with van der Waals surface area (Å²) < 4.78 is 0. The second-order valence-corrected chi connectivity index (χ2v) is 5.40. The normalized spacial score (nSPS) is 9.50. The molecule has 0 unspecified atom stereocenters. The van der Waals surface area contributed by atoms with Gasteiger partial charge < -0.3 is 16.0 Å². The zero-order chi connectivity index (χ0) is 18.5. The van der Waals surface area contributed by atoms with Gasteiger partial charge in [0.2, 0.25) is 5.91 Å². The van der Waals surface area contributed by atoms with Crippen molar-refractivity contribution in [1.82, 2.24) is 10.2 Å². The number of hydrogen-bond donors (Lipinski definition) is 2. The molecule has 0 atom stereocenters. The zero-order valence-corrected chi connectivity index (χ0v) is 15.1. The molecule has 0 aliphatic rings. The van der Waals surface area contributed by atoms with Crippen LogP contribution in [0.3, 0.4) is 0 Å².